The second-order valence-electron chi connectivity index (χ2n) is 6.46. The van der Waals surface area contributed by atoms with Gasteiger partial charge in [0.05, 0.1) is 11.8 Å². The van der Waals surface area contributed by atoms with Gasteiger partial charge in [0.2, 0.25) is 5.91 Å². The van der Waals surface area contributed by atoms with Crippen molar-refractivity contribution in [3.05, 3.63) is 16.3 Å². The van der Waals surface area contributed by atoms with Crippen molar-refractivity contribution in [1.82, 2.24) is 15.3 Å². The normalized spacial score (nSPS) is 16.6. The molecule has 1 fully saturated rings. The van der Waals surface area contributed by atoms with Gasteiger partial charge in [0, 0.05) is 10.3 Å². The number of amides is 1. The molecule has 1 atom stereocenters. The number of nitrogens with one attached hydrogen (secondary N) is 1. The maximum atomic E-state index is 12.3. The number of carbonyl (C=O) groups excluding carboxylic acids is 1. The Bertz CT molecular complexity index is 850. The van der Waals surface area contributed by atoms with Gasteiger partial charge in [-0.15, -0.1) is 11.3 Å². The van der Waals surface area contributed by atoms with Crippen molar-refractivity contribution >= 4 is 39.2 Å². The minimum absolute atomic E-state index is 0.120. The Labute approximate surface area is 149 Å². The quantitative estimate of drug-likeness (QED) is 0.652. The second-order valence-corrected chi connectivity index (χ2v) is 8.63. The number of hydrogen-bond donors (Lipinski definition) is 1. The van der Waals surface area contributed by atoms with Crippen LogP contribution in [0.1, 0.15) is 36.0 Å². The number of carbonyl (C=O) groups is 1. The first kappa shape index (κ1) is 17.2. The van der Waals surface area contributed by atoms with E-state index in [0.29, 0.717) is 5.82 Å². The van der Waals surface area contributed by atoms with Crippen LogP contribution in [0.25, 0.3) is 10.2 Å². The first-order valence-corrected chi connectivity index (χ1v) is 9.73. The van der Waals surface area contributed by atoms with Gasteiger partial charge in [0.15, 0.2) is 0 Å². The number of rotatable bonds is 5. The van der Waals surface area contributed by atoms with Crippen LogP contribution in [0.4, 0.5) is 0 Å². The van der Waals surface area contributed by atoms with E-state index in [1.807, 2.05) is 13.8 Å². The SMILES string of the molecule is Cc1nc(SCC(=O)N[C@@](C)(C#N)C2CC2)c2c(C)c(C)sc2n1. The van der Waals surface area contributed by atoms with E-state index in [4.69, 9.17) is 0 Å². The Morgan fingerprint density at radius 1 is 1.42 bits per heavy atom. The number of nitrogens with zero attached hydrogens (tertiary/aromatic N) is 3. The molecule has 5 nitrogen and oxygen atoms in total. The minimum Gasteiger partial charge on any atom is -0.337 e. The molecule has 126 valence electrons. The van der Waals surface area contributed by atoms with E-state index < -0.39 is 5.54 Å². The number of aromatic nitrogens is 2. The molecule has 2 heterocycles. The Kier molecular flexibility index (Phi) is 4.54. The molecule has 0 spiro atoms. The van der Waals surface area contributed by atoms with Crippen LogP contribution >= 0.6 is 23.1 Å². The molecule has 24 heavy (non-hydrogen) atoms. The Morgan fingerprint density at radius 2 is 2.12 bits per heavy atom. The summed E-state index contributed by atoms with van der Waals surface area (Å²) in [4.78, 5) is 23.5. The average Bonchev–Trinajstić information content (AvgIpc) is 3.33. The summed E-state index contributed by atoms with van der Waals surface area (Å²) < 4.78 is 0. The van der Waals surface area contributed by atoms with E-state index in [1.54, 1.807) is 11.3 Å². The molecule has 0 bridgehead atoms. The van der Waals surface area contributed by atoms with Crippen molar-refractivity contribution < 1.29 is 4.79 Å². The van der Waals surface area contributed by atoms with Gasteiger partial charge >= 0.3 is 0 Å². The van der Waals surface area contributed by atoms with Crippen LogP contribution in [0, 0.1) is 38.0 Å². The number of nitriles is 1. The summed E-state index contributed by atoms with van der Waals surface area (Å²) >= 11 is 3.08. The predicted molar refractivity (Wildman–Crippen MR) is 97.2 cm³/mol. The zero-order valence-corrected chi connectivity index (χ0v) is 15.9. The van der Waals surface area contributed by atoms with Crippen molar-refractivity contribution in [3.8, 4) is 6.07 Å². The molecule has 1 aliphatic rings. The Balaban J connectivity index is 1.76. The molecular weight excluding hydrogens is 340 g/mol. The standard InChI is InChI=1S/C17H20N4OS2/c1-9-10(2)24-16-14(9)15(19-11(3)20-16)23-7-13(22)21-17(4,8-18)12-5-6-12/h12H,5-7H2,1-4H3,(H,21,22)/t17-/m0/s1. The summed E-state index contributed by atoms with van der Waals surface area (Å²) in [7, 11) is 0. The maximum Gasteiger partial charge on any atom is 0.231 e. The zero-order valence-electron chi connectivity index (χ0n) is 14.3. The predicted octanol–water partition coefficient (Wildman–Crippen LogP) is 3.52. The first-order chi connectivity index (χ1) is 11.3. The van der Waals surface area contributed by atoms with Crippen LogP contribution in [0.5, 0.6) is 0 Å². The minimum atomic E-state index is -0.747. The highest BCUT2D eigenvalue weighted by Crippen LogP contribution is 2.39. The van der Waals surface area contributed by atoms with E-state index >= 15 is 0 Å². The van der Waals surface area contributed by atoms with Crippen molar-refractivity contribution in [2.45, 2.75) is 51.1 Å². The number of fused-ring (bicyclic) bond motifs is 1. The van der Waals surface area contributed by atoms with Gasteiger partial charge in [0.1, 0.15) is 21.2 Å². The molecule has 0 radical (unpaired) electrons. The van der Waals surface area contributed by atoms with Crippen LogP contribution < -0.4 is 5.32 Å². The average molecular weight is 361 g/mol. The van der Waals surface area contributed by atoms with Gasteiger partial charge in [0.25, 0.3) is 0 Å². The summed E-state index contributed by atoms with van der Waals surface area (Å²) in [6.45, 7) is 7.82. The van der Waals surface area contributed by atoms with E-state index in [2.05, 4.69) is 35.2 Å². The summed E-state index contributed by atoms with van der Waals surface area (Å²) in [5.41, 5.74) is 0.432. The maximum absolute atomic E-state index is 12.3. The number of thiophene rings is 1. The molecule has 7 heteroatoms. The van der Waals surface area contributed by atoms with Crippen LogP contribution in [-0.2, 0) is 4.79 Å². The van der Waals surface area contributed by atoms with Gasteiger partial charge in [-0.05, 0) is 52.0 Å². The molecular formula is C17H20N4OS2. The molecule has 0 unspecified atom stereocenters. The fourth-order valence-electron chi connectivity index (χ4n) is 2.76. The monoisotopic (exact) mass is 360 g/mol. The van der Waals surface area contributed by atoms with Crippen molar-refractivity contribution in [2.75, 3.05) is 5.75 Å². The second kappa shape index (κ2) is 6.34. The molecule has 2 aromatic rings. The van der Waals surface area contributed by atoms with E-state index in [9.17, 15) is 10.1 Å². The molecule has 0 aromatic carbocycles. The number of thioether (sulfide) groups is 1. The van der Waals surface area contributed by atoms with Crippen molar-refractivity contribution in [1.29, 1.82) is 5.26 Å². The van der Waals surface area contributed by atoms with Crippen LogP contribution in [0.2, 0.25) is 0 Å². The Hall–Kier alpha value is -1.65. The van der Waals surface area contributed by atoms with Gasteiger partial charge < -0.3 is 5.32 Å². The molecule has 0 aliphatic heterocycles. The van der Waals surface area contributed by atoms with E-state index in [-0.39, 0.29) is 17.6 Å². The van der Waals surface area contributed by atoms with Crippen molar-refractivity contribution in [3.63, 3.8) is 0 Å². The number of hydrogen-bond acceptors (Lipinski definition) is 6. The summed E-state index contributed by atoms with van der Waals surface area (Å²) in [5.74, 6) is 1.13. The lowest BCUT2D eigenvalue weighted by Crippen LogP contribution is -2.47. The van der Waals surface area contributed by atoms with Crippen molar-refractivity contribution in [2.24, 2.45) is 5.92 Å². The fourth-order valence-corrected chi connectivity index (χ4v) is 4.83. The van der Waals surface area contributed by atoms with Gasteiger partial charge in [-0.3, -0.25) is 4.79 Å². The van der Waals surface area contributed by atoms with E-state index in [1.165, 1.54) is 22.2 Å². The third-order valence-corrected chi connectivity index (χ3v) is 6.55. The molecule has 3 rings (SSSR count). The van der Waals surface area contributed by atoms with Crippen LogP contribution in [-0.4, -0.2) is 27.2 Å². The lowest BCUT2D eigenvalue weighted by atomic mass is 9.98. The molecule has 1 aliphatic carbocycles. The highest BCUT2D eigenvalue weighted by molar-refractivity contribution is 8.00. The fraction of sp³-hybridized carbons (Fsp3) is 0.529. The Morgan fingerprint density at radius 3 is 2.75 bits per heavy atom. The third-order valence-electron chi connectivity index (χ3n) is 4.47. The third kappa shape index (κ3) is 3.26. The summed E-state index contributed by atoms with van der Waals surface area (Å²) in [6, 6.07) is 2.26. The molecule has 1 amide bonds. The van der Waals surface area contributed by atoms with Gasteiger partial charge in [-0.2, -0.15) is 5.26 Å². The molecule has 0 saturated heterocycles. The zero-order chi connectivity index (χ0) is 17.5. The van der Waals surface area contributed by atoms with Crippen LogP contribution in [0.3, 0.4) is 0 Å². The lowest BCUT2D eigenvalue weighted by Gasteiger charge is -2.22. The summed E-state index contributed by atoms with van der Waals surface area (Å²) in [5, 5.41) is 14.1. The summed E-state index contributed by atoms with van der Waals surface area (Å²) in [6.07, 6.45) is 2.02. The van der Waals surface area contributed by atoms with Crippen LogP contribution in [0.15, 0.2) is 5.03 Å². The first-order valence-electron chi connectivity index (χ1n) is 7.93. The van der Waals surface area contributed by atoms with E-state index in [0.717, 1.165) is 28.1 Å². The highest BCUT2D eigenvalue weighted by Gasteiger charge is 2.42. The number of aryl methyl sites for hydroxylation is 3. The molecule has 1 N–H and O–H groups in total. The van der Waals surface area contributed by atoms with Gasteiger partial charge in [-0.25, -0.2) is 9.97 Å². The highest BCUT2D eigenvalue weighted by atomic mass is 32.2. The largest absolute Gasteiger partial charge is 0.337 e. The smallest absolute Gasteiger partial charge is 0.231 e. The van der Waals surface area contributed by atoms with Gasteiger partial charge in [-0.1, -0.05) is 11.8 Å². The molecule has 1 saturated carbocycles. The lowest BCUT2D eigenvalue weighted by molar-refractivity contribution is -0.119. The molecule has 2 aromatic heterocycles. The topological polar surface area (TPSA) is 78.7 Å².